The van der Waals surface area contributed by atoms with Gasteiger partial charge in [0.25, 0.3) is 0 Å². The van der Waals surface area contributed by atoms with Gasteiger partial charge in [0.05, 0.1) is 12.7 Å². The molecule has 0 fully saturated rings. The van der Waals surface area contributed by atoms with E-state index in [1.807, 2.05) is 27.7 Å². The van der Waals surface area contributed by atoms with Crippen LogP contribution in [0.3, 0.4) is 0 Å². The molecule has 2 N–H and O–H groups in total. The number of hydrogen-bond acceptors (Lipinski definition) is 6. The first-order valence-electron chi connectivity index (χ1n) is 6.77. The summed E-state index contributed by atoms with van der Waals surface area (Å²) in [5.41, 5.74) is 5.41. The van der Waals surface area contributed by atoms with E-state index in [1.54, 1.807) is 0 Å². The summed E-state index contributed by atoms with van der Waals surface area (Å²) < 4.78 is 16.0. The molecule has 0 amide bonds. The van der Waals surface area contributed by atoms with E-state index in [-0.39, 0.29) is 6.10 Å². The van der Waals surface area contributed by atoms with Gasteiger partial charge in [0.2, 0.25) is 5.89 Å². The van der Waals surface area contributed by atoms with Crippen molar-refractivity contribution in [3.63, 3.8) is 0 Å². The van der Waals surface area contributed by atoms with Crippen LogP contribution in [0.2, 0.25) is 0 Å². The summed E-state index contributed by atoms with van der Waals surface area (Å²) in [6.45, 7) is 9.52. The molecule has 0 bridgehead atoms. The number of aromatic nitrogens is 2. The van der Waals surface area contributed by atoms with E-state index >= 15 is 0 Å². The summed E-state index contributed by atoms with van der Waals surface area (Å²) in [4.78, 5) is 4.32. The fraction of sp³-hybridized carbons (Fsp3) is 0.846. The fourth-order valence-electron chi connectivity index (χ4n) is 1.46. The van der Waals surface area contributed by atoms with Crippen LogP contribution in [-0.4, -0.2) is 36.1 Å². The molecule has 1 atom stereocenters. The van der Waals surface area contributed by atoms with Crippen molar-refractivity contribution in [1.82, 2.24) is 10.1 Å². The van der Waals surface area contributed by atoms with E-state index in [9.17, 15) is 0 Å². The summed E-state index contributed by atoms with van der Waals surface area (Å²) >= 11 is 0. The Morgan fingerprint density at radius 3 is 2.79 bits per heavy atom. The highest BCUT2D eigenvalue weighted by Crippen LogP contribution is 2.16. The average molecular weight is 271 g/mol. The zero-order valence-corrected chi connectivity index (χ0v) is 12.3. The minimum absolute atomic E-state index is 0.125. The maximum atomic E-state index is 6.14. The van der Waals surface area contributed by atoms with Gasteiger partial charge in [-0.05, 0) is 34.1 Å². The number of nitrogens with two attached hydrogens (primary N) is 1. The minimum atomic E-state index is -0.730. The van der Waals surface area contributed by atoms with Crippen molar-refractivity contribution in [2.24, 2.45) is 5.73 Å². The molecule has 0 aliphatic rings. The van der Waals surface area contributed by atoms with Gasteiger partial charge in [-0.1, -0.05) is 5.16 Å². The third-order valence-electron chi connectivity index (χ3n) is 2.58. The molecule has 0 aliphatic heterocycles. The molecule has 0 spiro atoms. The van der Waals surface area contributed by atoms with Gasteiger partial charge in [-0.2, -0.15) is 4.98 Å². The molecule has 1 aromatic heterocycles. The molecule has 1 unspecified atom stereocenters. The van der Waals surface area contributed by atoms with Crippen LogP contribution < -0.4 is 5.73 Å². The van der Waals surface area contributed by atoms with E-state index in [2.05, 4.69) is 10.1 Å². The maximum absolute atomic E-state index is 6.14. The van der Waals surface area contributed by atoms with Gasteiger partial charge in [-0.3, -0.25) is 0 Å². The SMILES string of the molecule is CCOCCCc1nc(C(C)(N)COC(C)C)no1. The van der Waals surface area contributed by atoms with Crippen molar-refractivity contribution in [3.8, 4) is 0 Å². The molecule has 0 aromatic carbocycles. The topological polar surface area (TPSA) is 83.4 Å². The predicted octanol–water partition coefficient (Wildman–Crippen LogP) is 1.64. The van der Waals surface area contributed by atoms with Crippen LogP contribution in [-0.2, 0) is 21.4 Å². The van der Waals surface area contributed by atoms with Crippen LogP contribution in [0, 0.1) is 0 Å². The van der Waals surface area contributed by atoms with Crippen LogP contribution in [0.25, 0.3) is 0 Å². The van der Waals surface area contributed by atoms with Crippen LogP contribution in [0.15, 0.2) is 4.52 Å². The molecule has 6 heteroatoms. The van der Waals surface area contributed by atoms with Gasteiger partial charge in [0.1, 0.15) is 5.54 Å². The van der Waals surface area contributed by atoms with Crippen molar-refractivity contribution < 1.29 is 14.0 Å². The van der Waals surface area contributed by atoms with E-state index in [0.29, 0.717) is 31.3 Å². The second-order valence-electron chi connectivity index (χ2n) is 5.09. The first kappa shape index (κ1) is 16.1. The quantitative estimate of drug-likeness (QED) is 0.687. The van der Waals surface area contributed by atoms with E-state index < -0.39 is 5.54 Å². The summed E-state index contributed by atoms with van der Waals surface area (Å²) in [6.07, 6.45) is 1.69. The van der Waals surface area contributed by atoms with Crippen molar-refractivity contribution >= 4 is 0 Å². The molecule has 110 valence electrons. The predicted molar refractivity (Wildman–Crippen MR) is 71.7 cm³/mol. The second kappa shape index (κ2) is 7.57. The summed E-state index contributed by atoms with van der Waals surface area (Å²) in [6, 6.07) is 0. The third-order valence-corrected chi connectivity index (χ3v) is 2.58. The molecule has 19 heavy (non-hydrogen) atoms. The largest absolute Gasteiger partial charge is 0.382 e. The third kappa shape index (κ3) is 5.67. The van der Waals surface area contributed by atoms with Crippen molar-refractivity contribution in [1.29, 1.82) is 0 Å². The Hall–Kier alpha value is -0.980. The zero-order chi connectivity index (χ0) is 14.3. The lowest BCUT2D eigenvalue weighted by Gasteiger charge is -2.21. The van der Waals surface area contributed by atoms with Crippen molar-refractivity contribution in [2.45, 2.75) is 52.2 Å². The van der Waals surface area contributed by atoms with Crippen LogP contribution in [0.4, 0.5) is 0 Å². The standard InChI is InChI=1S/C13H25N3O3/c1-5-17-8-6-7-11-15-12(16-19-11)13(4,14)9-18-10(2)3/h10H,5-9,14H2,1-4H3. The number of hydrogen-bond donors (Lipinski definition) is 1. The van der Waals surface area contributed by atoms with Crippen LogP contribution >= 0.6 is 0 Å². The Morgan fingerprint density at radius 2 is 2.16 bits per heavy atom. The smallest absolute Gasteiger partial charge is 0.226 e. The number of aryl methyl sites for hydroxylation is 1. The lowest BCUT2D eigenvalue weighted by atomic mass is 10.1. The van der Waals surface area contributed by atoms with Crippen LogP contribution in [0.5, 0.6) is 0 Å². The molecule has 0 aliphatic carbocycles. The average Bonchev–Trinajstić information content (AvgIpc) is 2.82. The van der Waals surface area contributed by atoms with Crippen LogP contribution in [0.1, 0.15) is 45.8 Å². The Bertz CT molecular complexity index is 364. The summed E-state index contributed by atoms with van der Waals surface area (Å²) in [7, 11) is 0. The molecule has 0 saturated heterocycles. The van der Waals surface area contributed by atoms with Gasteiger partial charge < -0.3 is 19.7 Å². The van der Waals surface area contributed by atoms with E-state index in [1.165, 1.54) is 0 Å². The second-order valence-corrected chi connectivity index (χ2v) is 5.09. The van der Waals surface area contributed by atoms with E-state index in [4.69, 9.17) is 19.7 Å². The van der Waals surface area contributed by atoms with Crippen molar-refractivity contribution in [2.75, 3.05) is 19.8 Å². The highest BCUT2D eigenvalue weighted by Gasteiger charge is 2.28. The highest BCUT2D eigenvalue weighted by atomic mass is 16.5. The molecule has 0 saturated carbocycles. The van der Waals surface area contributed by atoms with E-state index in [0.717, 1.165) is 13.0 Å². The first-order chi connectivity index (χ1) is 8.95. The van der Waals surface area contributed by atoms with Gasteiger partial charge in [0, 0.05) is 19.6 Å². The van der Waals surface area contributed by atoms with Gasteiger partial charge in [-0.25, -0.2) is 0 Å². The van der Waals surface area contributed by atoms with Gasteiger partial charge in [-0.15, -0.1) is 0 Å². The Labute approximate surface area is 114 Å². The molecule has 1 heterocycles. The molecular formula is C13H25N3O3. The molecule has 1 aromatic rings. The first-order valence-corrected chi connectivity index (χ1v) is 6.77. The Morgan fingerprint density at radius 1 is 1.42 bits per heavy atom. The number of rotatable bonds is 9. The summed E-state index contributed by atoms with van der Waals surface area (Å²) in [5.74, 6) is 1.08. The Balaban J connectivity index is 2.48. The summed E-state index contributed by atoms with van der Waals surface area (Å²) in [5, 5.41) is 3.93. The molecular weight excluding hydrogens is 246 g/mol. The normalized spacial score (nSPS) is 14.8. The van der Waals surface area contributed by atoms with Gasteiger partial charge in [0.15, 0.2) is 5.82 Å². The number of ether oxygens (including phenoxy) is 2. The zero-order valence-electron chi connectivity index (χ0n) is 12.3. The van der Waals surface area contributed by atoms with Crippen molar-refractivity contribution in [3.05, 3.63) is 11.7 Å². The molecule has 6 nitrogen and oxygen atoms in total. The fourth-order valence-corrected chi connectivity index (χ4v) is 1.46. The highest BCUT2D eigenvalue weighted by molar-refractivity contribution is 5.01. The lowest BCUT2D eigenvalue weighted by Crippen LogP contribution is -2.40. The Kier molecular flexibility index (Phi) is 6.41. The maximum Gasteiger partial charge on any atom is 0.226 e. The monoisotopic (exact) mass is 271 g/mol. The number of nitrogens with zero attached hydrogens (tertiary/aromatic N) is 2. The minimum Gasteiger partial charge on any atom is -0.382 e. The molecule has 0 radical (unpaired) electrons. The molecule has 1 rings (SSSR count). The van der Waals surface area contributed by atoms with Gasteiger partial charge >= 0.3 is 0 Å². The lowest BCUT2D eigenvalue weighted by molar-refractivity contribution is 0.0410.